The van der Waals surface area contributed by atoms with Crippen LogP contribution < -0.4 is 15.4 Å². The average molecular weight is 239 g/mol. The summed E-state index contributed by atoms with van der Waals surface area (Å²) in [4.78, 5) is 15.5. The van der Waals surface area contributed by atoms with Gasteiger partial charge in [0.25, 0.3) is 0 Å². The fourth-order valence-corrected chi connectivity index (χ4v) is 1.26. The van der Waals surface area contributed by atoms with Crippen molar-refractivity contribution in [2.45, 2.75) is 13.0 Å². The van der Waals surface area contributed by atoms with Crippen LogP contribution in [-0.4, -0.2) is 37.9 Å². The standard InChI is InChI=1S/C11H17N3O3/c1-8(7-16-2)13-11(15)14-9-4-5-10(17-3)12-6-9/h4-6,8H,7H2,1-3H3,(H2,13,14,15)/t8-/m1/s1. The molecule has 0 saturated carbocycles. The van der Waals surface area contributed by atoms with Crippen LogP contribution in [0.25, 0.3) is 0 Å². The van der Waals surface area contributed by atoms with Crippen LogP contribution in [0.15, 0.2) is 18.3 Å². The van der Waals surface area contributed by atoms with Gasteiger partial charge in [-0.3, -0.25) is 0 Å². The number of anilines is 1. The molecule has 2 N–H and O–H groups in total. The molecule has 2 amide bonds. The maximum absolute atomic E-state index is 11.5. The minimum Gasteiger partial charge on any atom is -0.481 e. The Morgan fingerprint density at radius 1 is 1.47 bits per heavy atom. The molecule has 0 aliphatic carbocycles. The number of aromatic nitrogens is 1. The van der Waals surface area contributed by atoms with E-state index in [2.05, 4.69) is 15.6 Å². The molecule has 1 atom stereocenters. The molecule has 1 aromatic rings. The molecule has 1 aromatic heterocycles. The van der Waals surface area contributed by atoms with Crippen molar-refractivity contribution in [1.82, 2.24) is 10.3 Å². The molecule has 1 heterocycles. The van der Waals surface area contributed by atoms with Gasteiger partial charge in [-0.2, -0.15) is 0 Å². The Hall–Kier alpha value is -1.82. The molecular weight excluding hydrogens is 222 g/mol. The number of pyridine rings is 1. The third kappa shape index (κ3) is 4.69. The second-order valence-corrected chi connectivity index (χ2v) is 3.54. The predicted octanol–water partition coefficient (Wildman–Crippen LogP) is 1.25. The minimum atomic E-state index is -0.290. The lowest BCUT2D eigenvalue weighted by Crippen LogP contribution is -2.38. The molecule has 0 spiro atoms. The van der Waals surface area contributed by atoms with E-state index in [1.165, 1.54) is 13.3 Å². The highest BCUT2D eigenvalue weighted by Crippen LogP contribution is 2.10. The molecule has 0 radical (unpaired) electrons. The normalized spacial score (nSPS) is 11.7. The zero-order valence-electron chi connectivity index (χ0n) is 10.2. The topological polar surface area (TPSA) is 72.5 Å². The first kappa shape index (κ1) is 13.2. The van der Waals surface area contributed by atoms with Crippen molar-refractivity contribution in [3.8, 4) is 5.88 Å². The van der Waals surface area contributed by atoms with Crippen molar-refractivity contribution in [3.05, 3.63) is 18.3 Å². The van der Waals surface area contributed by atoms with E-state index < -0.39 is 0 Å². The Kier molecular flexibility index (Phi) is 5.22. The van der Waals surface area contributed by atoms with Gasteiger partial charge in [0.1, 0.15) is 0 Å². The van der Waals surface area contributed by atoms with Crippen molar-refractivity contribution >= 4 is 11.7 Å². The van der Waals surface area contributed by atoms with Gasteiger partial charge >= 0.3 is 6.03 Å². The predicted molar refractivity (Wildman–Crippen MR) is 64.3 cm³/mol. The van der Waals surface area contributed by atoms with Gasteiger partial charge in [-0.15, -0.1) is 0 Å². The molecule has 94 valence electrons. The highest BCUT2D eigenvalue weighted by Gasteiger charge is 2.06. The number of nitrogens with zero attached hydrogens (tertiary/aromatic N) is 1. The van der Waals surface area contributed by atoms with E-state index in [-0.39, 0.29) is 12.1 Å². The van der Waals surface area contributed by atoms with Crippen LogP contribution in [-0.2, 0) is 4.74 Å². The molecule has 0 saturated heterocycles. The summed E-state index contributed by atoms with van der Waals surface area (Å²) in [5, 5.41) is 5.38. The van der Waals surface area contributed by atoms with Crippen LogP contribution in [0.4, 0.5) is 10.5 Å². The van der Waals surface area contributed by atoms with Crippen molar-refractivity contribution in [3.63, 3.8) is 0 Å². The average Bonchev–Trinajstić information content (AvgIpc) is 2.30. The zero-order chi connectivity index (χ0) is 12.7. The first-order valence-electron chi connectivity index (χ1n) is 5.22. The lowest BCUT2D eigenvalue weighted by molar-refractivity contribution is 0.173. The summed E-state index contributed by atoms with van der Waals surface area (Å²) in [6.07, 6.45) is 1.53. The molecule has 0 aliphatic heterocycles. The highest BCUT2D eigenvalue weighted by molar-refractivity contribution is 5.89. The van der Waals surface area contributed by atoms with Gasteiger partial charge < -0.3 is 20.1 Å². The quantitative estimate of drug-likeness (QED) is 0.811. The van der Waals surface area contributed by atoms with Crippen molar-refractivity contribution in [1.29, 1.82) is 0 Å². The maximum atomic E-state index is 11.5. The molecule has 6 nitrogen and oxygen atoms in total. The monoisotopic (exact) mass is 239 g/mol. The Labute approximate surface area is 100 Å². The Morgan fingerprint density at radius 3 is 2.76 bits per heavy atom. The zero-order valence-corrected chi connectivity index (χ0v) is 10.2. The molecule has 1 rings (SSSR count). The number of rotatable bonds is 5. The number of carbonyl (C=O) groups excluding carboxylic acids is 1. The number of carbonyl (C=O) groups is 1. The Balaban J connectivity index is 2.44. The molecule has 0 bridgehead atoms. The summed E-state index contributed by atoms with van der Waals surface area (Å²) in [6, 6.07) is 3.05. The number of methoxy groups -OCH3 is 2. The van der Waals surface area contributed by atoms with Crippen LogP contribution in [0.2, 0.25) is 0 Å². The maximum Gasteiger partial charge on any atom is 0.319 e. The van der Waals surface area contributed by atoms with Gasteiger partial charge in [0.2, 0.25) is 5.88 Å². The van der Waals surface area contributed by atoms with Gasteiger partial charge in [0, 0.05) is 13.2 Å². The smallest absolute Gasteiger partial charge is 0.319 e. The number of hydrogen-bond acceptors (Lipinski definition) is 4. The van der Waals surface area contributed by atoms with E-state index >= 15 is 0 Å². The van der Waals surface area contributed by atoms with E-state index in [4.69, 9.17) is 9.47 Å². The fourth-order valence-electron chi connectivity index (χ4n) is 1.26. The summed E-state index contributed by atoms with van der Waals surface area (Å²) in [5.74, 6) is 0.503. The number of ether oxygens (including phenoxy) is 2. The summed E-state index contributed by atoms with van der Waals surface area (Å²) in [7, 11) is 3.12. The number of nitrogens with one attached hydrogen (secondary N) is 2. The van der Waals surface area contributed by atoms with Crippen LogP contribution in [0.5, 0.6) is 5.88 Å². The van der Waals surface area contributed by atoms with Crippen molar-refractivity contribution < 1.29 is 14.3 Å². The molecule has 0 aromatic carbocycles. The molecular formula is C11H17N3O3. The van der Waals surface area contributed by atoms with Crippen LogP contribution in [0.1, 0.15) is 6.92 Å². The van der Waals surface area contributed by atoms with Crippen molar-refractivity contribution in [2.24, 2.45) is 0 Å². The van der Waals surface area contributed by atoms with Gasteiger partial charge in [0.05, 0.1) is 31.6 Å². The number of hydrogen-bond donors (Lipinski definition) is 2. The third-order valence-corrected chi connectivity index (χ3v) is 2.00. The molecule has 0 fully saturated rings. The van der Waals surface area contributed by atoms with Crippen LogP contribution in [0, 0.1) is 0 Å². The summed E-state index contributed by atoms with van der Waals surface area (Å²) >= 11 is 0. The van der Waals surface area contributed by atoms with Crippen LogP contribution in [0.3, 0.4) is 0 Å². The van der Waals surface area contributed by atoms with E-state index in [0.29, 0.717) is 18.2 Å². The minimum absolute atomic E-state index is 0.0498. The highest BCUT2D eigenvalue weighted by atomic mass is 16.5. The Bertz CT molecular complexity index is 353. The molecule has 0 aliphatic rings. The fraction of sp³-hybridized carbons (Fsp3) is 0.455. The second-order valence-electron chi connectivity index (χ2n) is 3.54. The number of amides is 2. The summed E-state index contributed by atoms with van der Waals surface area (Å²) in [6.45, 7) is 2.32. The molecule has 6 heteroatoms. The van der Waals surface area contributed by atoms with Crippen LogP contribution >= 0.6 is 0 Å². The largest absolute Gasteiger partial charge is 0.481 e. The van der Waals surface area contributed by atoms with E-state index in [1.54, 1.807) is 19.2 Å². The molecule has 0 unspecified atom stereocenters. The summed E-state index contributed by atoms with van der Waals surface area (Å²) < 4.78 is 9.83. The third-order valence-electron chi connectivity index (χ3n) is 2.00. The molecule has 17 heavy (non-hydrogen) atoms. The SMILES string of the molecule is COC[C@@H](C)NC(=O)Nc1ccc(OC)nc1. The van der Waals surface area contributed by atoms with E-state index in [9.17, 15) is 4.79 Å². The van der Waals surface area contributed by atoms with E-state index in [1.807, 2.05) is 6.92 Å². The van der Waals surface area contributed by atoms with Crippen molar-refractivity contribution in [2.75, 3.05) is 26.1 Å². The van der Waals surface area contributed by atoms with E-state index in [0.717, 1.165) is 0 Å². The lowest BCUT2D eigenvalue weighted by Gasteiger charge is -2.13. The van der Waals surface area contributed by atoms with Gasteiger partial charge in [-0.1, -0.05) is 0 Å². The lowest BCUT2D eigenvalue weighted by atomic mass is 10.3. The summed E-state index contributed by atoms with van der Waals surface area (Å²) in [5.41, 5.74) is 0.605. The van der Waals surface area contributed by atoms with Gasteiger partial charge in [0.15, 0.2) is 0 Å². The van der Waals surface area contributed by atoms with Gasteiger partial charge in [-0.25, -0.2) is 9.78 Å². The second kappa shape index (κ2) is 6.70. The number of urea groups is 1. The first-order valence-corrected chi connectivity index (χ1v) is 5.22. The first-order chi connectivity index (χ1) is 8.15. The van der Waals surface area contributed by atoms with Gasteiger partial charge in [-0.05, 0) is 13.0 Å². The Morgan fingerprint density at radius 2 is 2.24 bits per heavy atom.